The van der Waals surface area contributed by atoms with E-state index in [0.29, 0.717) is 13.2 Å². The normalized spacial score (nSPS) is 21.3. The van der Waals surface area contributed by atoms with Crippen molar-refractivity contribution in [2.24, 2.45) is 11.8 Å². The summed E-state index contributed by atoms with van der Waals surface area (Å²) in [6.45, 7) is 8.54. The number of hydrogen-bond acceptors (Lipinski definition) is 4. The average molecular weight is 271 g/mol. The number of hydrogen-bond donors (Lipinski definition) is 1. The first-order valence-electron chi connectivity index (χ1n) is 7.00. The molecule has 1 rings (SSSR count). The third-order valence-corrected chi connectivity index (χ3v) is 3.10. The van der Waals surface area contributed by atoms with Gasteiger partial charge in [-0.15, -0.1) is 0 Å². The van der Waals surface area contributed by atoms with Crippen LogP contribution in [0, 0.1) is 11.8 Å². The highest BCUT2D eigenvalue weighted by Gasteiger charge is 2.30. The van der Waals surface area contributed by atoms with Gasteiger partial charge in [0.15, 0.2) is 0 Å². The van der Waals surface area contributed by atoms with Gasteiger partial charge in [0.2, 0.25) is 5.91 Å². The maximum atomic E-state index is 12.1. The predicted octanol–water partition coefficient (Wildman–Crippen LogP) is 1.51. The van der Waals surface area contributed by atoms with Gasteiger partial charge in [0.1, 0.15) is 6.04 Å². The van der Waals surface area contributed by atoms with Crippen molar-refractivity contribution in [1.82, 2.24) is 5.32 Å². The Hall–Kier alpha value is -1.10. The van der Waals surface area contributed by atoms with E-state index >= 15 is 0 Å². The van der Waals surface area contributed by atoms with Gasteiger partial charge in [-0.05, 0) is 32.6 Å². The van der Waals surface area contributed by atoms with Gasteiger partial charge in [0, 0.05) is 6.61 Å². The summed E-state index contributed by atoms with van der Waals surface area (Å²) in [6.07, 6.45) is 1.53. The van der Waals surface area contributed by atoms with Crippen LogP contribution in [0.2, 0.25) is 0 Å². The molecule has 1 aliphatic rings. The molecule has 0 spiro atoms. The smallest absolute Gasteiger partial charge is 0.329 e. The molecule has 1 saturated heterocycles. The van der Waals surface area contributed by atoms with Crippen molar-refractivity contribution < 1.29 is 19.1 Å². The van der Waals surface area contributed by atoms with E-state index in [4.69, 9.17) is 9.47 Å². The number of rotatable bonds is 5. The van der Waals surface area contributed by atoms with E-state index in [2.05, 4.69) is 5.32 Å². The quantitative estimate of drug-likeness (QED) is 0.770. The largest absolute Gasteiger partial charge is 0.461 e. The molecule has 0 aromatic carbocycles. The first-order valence-corrected chi connectivity index (χ1v) is 7.00. The number of carbonyl (C=O) groups is 2. The molecule has 5 nitrogen and oxygen atoms in total. The van der Waals surface area contributed by atoms with Crippen LogP contribution in [-0.2, 0) is 19.1 Å². The maximum Gasteiger partial charge on any atom is 0.329 e. The lowest BCUT2D eigenvalue weighted by molar-refractivity contribution is -0.153. The second-order valence-electron chi connectivity index (χ2n) is 5.63. The third kappa shape index (κ3) is 5.19. The number of ether oxygens (including phenoxy) is 2. The lowest BCUT2D eigenvalue weighted by Crippen LogP contribution is -2.49. The molecule has 0 radical (unpaired) electrons. The number of esters is 1. The fourth-order valence-electron chi connectivity index (χ4n) is 2.02. The van der Waals surface area contributed by atoms with E-state index in [1.807, 2.05) is 13.8 Å². The molecular weight excluding hydrogens is 246 g/mol. The van der Waals surface area contributed by atoms with E-state index in [9.17, 15) is 9.59 Å². The minimum absolute atomic E-state index is 0.000270. The van der Waals surface area contributed by atoms with Crippen molar-refractivity contribution in [3.8, 4) is 0 Å². The Kier molecular flexibility index (Phi) is 6.28. The van der Waals surface area contributed by atoms with Crippen LogP contribution in [0.5, 0.6) is 0 Å². The Balaban J connectivity index is 2.57. The molecule has 0 aromatic heterocycles. The summed E-state index contributed by atoms with van der Waals surface area (Å²) in [5, 5.41) is 2.80. The molecule has 1 N–H and O–H groups in total. The second-order valence-corrected chi connectivity index (χ2v) is 5.63. The Bertz CT molecular complexity index is 309. The molecule has 2 atom stereocenters. The molecule has 0 aromatic rings. The van der Waals surface area contributed by atoms with Crippen molar-refractivity contribution in [3.63, 3.8) is 0 Å². The zero-order chi connectivity index (χ0) is 14.4. The molecule has 0 unspecified atom stereocenters. The number of amides is 1. The number of carbonyl (C=O) groups excluding carboxylic acids is 2. The molecule has 1 heterocycles. The van der Waals surface area contributed by atoms with Crippen molar-refractivity contribution in [2.45, 2.75) is 52.7 Å². The highest BCUT2D eigenvalue weighted by molar-refractivity contribution is 5.86. The summed E-state index contributed by atoms with van der Waals surface area (Å²) >= 11 is 0. The Morgan fingerprint density at radius 1 is 1.26 bits per heavy atom. The van der Waals surface area contributed by atoms with E-state index in [1.165, 1.54) is 0 Å². The highest BCUT2D eigenvalue weighted by atomic mass is 16.5. The van der Waals surface area contributed by atoms with Crippen LogP contribution in [-0.4, -0.2) is 37.2 Å². The van der Waals surface area contributed by atoms with Crippen LogP contribution in [0.3, 0.4) is 0 Å². The van der Waals surface area contributed by atoms with Crippen LogP contribution in [0.25, 0.3) is 0 Å². The van der Waals surface area contributed by atoms with Gasteiger partial charge in [-0.25, -0.2) is 4.79 Å². The van der Waals surface area contributed by atoms with Crippen molar-refractivity contribution in [1.29, 1.82) is 0 Å². The minimum Gasteiger partial charge on any atom is -0.461 e. The van der Waals surface area contributed by atoms with Crippen LogP contribution >= 0.6 is 0 Å². The van der Waals surface area contributed by atoms with E-state index in [1.54, 1.807) is 13.8 Å². The zero-order valence-corrected chi connectivity index (χ0v) is 12.3. The van der Waals surface area contributed by atoms with Crippen LogP contribution in [0.4, 0.5) is 0 Å². The van der Waals surface area contributed by atoms with Gasteiger partial charge in [-0.1, -0.05) is 13.8 Å². The third-order valence-electron chi connectivity index (χ3n) is 3.10. The Morgan fingerprint density at radius 3 is 2.42 bits per heavy atom. The lowest BCUT2D eigenvalue weighted by Gasteiger charge is -2.26. The fourth-order valence-corrected chi connectivity index (χ4v) is 2.02. The van der Waals surface area contributed by atoms with Gasteiger partial charge >= 0.3 is 5.97 Å². The second kappa shape index (κ2) is 7.48. The maximum absolute atomic E-state index is 12.1. The zero-order valence-electron chi connectivity index (χ0n) is 12.3. The summed E-state index contributed by atoms with van der Waals surface area (Å²) in [5.41, 5.74) is 0. The van der Waals surface area contributed by atoms with E-state index in [-0.39, 0.29) is 29.8 Å². The summed E-state index contributed by atoms with van der Waals surface area (Å²) in [7, 11) is 0. The molecule has 1 aliphatic heterocycles. The standard InChI is InChI=1S/C14H25NO4/c1-9(2)12(14(17)19-10(3)4)15-13(16)11-6-5-7-18-8-11/h9-12H,5-8H2,1-4H3,(H,15,16)/t11-,12+/m1/s1. The van der Waals surface area contributed by atoms with Gasteiger partial charge < -0.3 is 14.8 Å². The lowest BCUT2D eigenvalue weighted by atomic mass is 9.99. The molecular formula is C14H25NO4. The van der Waals surface area contributed by atoms with E-state index < -0.39 is 6.04 Å². The molecule has 19 heavy (non-hydrogen) atoms. The molecule has 110 valence electrons. The molecule has 0 bridgehead atoms. The average Bonchev–Trinajstić information content (AvgIpc) is 2.35. The van der Waals surface area contributed by atoms with E-state index in [0.717, 1.165) is 12.8 Å². The first kappa shape index (κ1) is 16.0. The predicted molar refractivity (Wildman–Crippen MR) is 71.5 cm³/mol. The van der Waals surface area contributed by atoms with Crippen LogP contribution in [0.15, 0.2) is 0 Å². The van der Waals surface area contributed by atoms with Crippen LogP contribution < -0.4 is 5.32 Å². The molecule has 1 fully saturated rings. The SMILES string of the molecule is CC(C)OC(=O)[C@@H](NC(=O)[C@@H]1CCCOC1)C(C)C. The van der Waals surface area contributed by atoms with Crippen molar-refractivity contribution in [2.75, 3.05) is 13.2 Å². The van der Waals surface area contributed by atoms with Crippen LogP contribution in [0.1, 0.15) is 40.5 Å². The fraction of sp³-hybridized carbons (Fsp3) is 0.857. The van der Waals surface area contributed by atoms with Crippen molar-refractivity contribution in [3.05, 3.63) is 0 Å². The van der Waals surface area contributed by atoms with Gasteiger partial charge in [-0.2, -0.15) is 0 Å². The van der Waals surface area contributed by atoms with Gasteiger partial charge in [0.05, 0.1) is 18.6 Å². The number of nitrogens with one attached hydrogen (secondary N) is 1. The summed E-state index contributed by atoms with van der Waals surface area (Å²) in [4.78, 5) is 24.0. The monoisotopic (exact) mass is 271 g/mol. The van der Waals surface area contributed by atoms with Gasteiger partial charge in [-0.3, -0.25) is 4.79 Å². The Morgan fingerprint density at radius 2 is 1.95 bits per heavy atom. The van der Waals surface area contributed by atoms with Gasteiger partial charge in [0.25, 0.3) is 0 Å². The molecule has 5 heteroatoms. The first-order chi connectivity index (χ1) is 8.91. The molecule has 0 aliphatic carbocycles. The summed E-state index contributed by atoms with van der Waals surface area (Å²) in [6, 6.07) is -0.586. The summed E-state index contributed by atoms with van der Waals surface area (Å²) < 4.78 is 10.5. The van der Waals surface area contributed by atoms with Crippen molar-refractivity contribution >= 4 is 11.9 Å². The minimum atomic E-state index is -0.586. The Labute approximate surface area is 115 Å². The molecule has 0 saturated carbocycles. The topological polar surface area (TPSA) is 64.6 Å². The molecule has 1 amide bonds. The summed E-state index contributed by atoms with van der Waals surface area (Å²) in [5.74, 6) is -0.629. The highest BCUT2D eigenvalue weighted by Crippen LogP contribution is 2.15.